The average molecular weight is 365 g/mol. The molecule has 21 heavy (non-hydrogen) atoms. The third-order valence-corrected chi connectivity index (χ3v) is 5.29. The zero-order valence-corrected chi connectivity index (χ0v) is 13.3. The Morgan fingerprint density at radius 1 is 1.43 bits per heavy atom. The van der Waals surface area contributed by atoms with Crippen LogP contribution in [0.5, 0.6) is 0 Å². The van der Waals surface area contributed by atoms with Crippen LogP contribution in [-0.4, -0.2) is 5.91 Å². The van der Waals surface area contributed by atoms with Crippen LogP contribution >= 0.6 is 27.3 Å². The van der Waals surface area contributed by atoms with Gasteiger partial charge in [0, 0.05) is 10.4 Å². The van der Waals surface area contributed by atoms with Gasteiger partial charge in [0.05, 0.1) is 10.0 Å². The molecule has 1 aromatic heterocycles. The zero-order chi connectivity index (χ0) is 15.0. The van der Waals surface area contributed by atoms with Gasteiger partial charge in [-0.25, -0.2) is 4.39 Å². The first-order chi connectivity index (χ1) is 10.1. The molecule has 0 radical (unpaired) electrons. The van der Waals surface area contributed by atoms with E-state index in [-0.39, 0.29) is 5.56 Å². The van der Waals surface area contributed by atoms with Crippen LogP contribution in [0.3, 0.4) is 0 Å². The lowest BCUT2D eigenvalue weighted by atomic mass is 10.1. The number of anilines is 1. The Labute approximate surface area is 133 Å². The maximum Gasteiger partial charge on any atom is 0.256 e. The number of nitrogens with one attached hydrogen (secondary N) is 1. The van der Waals surface area contributed by atoms with Crippen molar-refractivity contribution in [2.75, 3.05) is 5.32 Å². The molecule has 0 saturated carbocycles. The molecule has 1 aliphatic carbocycles. The second kappa shape index (κ2) is 5.58. The fraction of sp³-hybridized carbons (Fsp3) is 0.200. The first kappa shape index (κ1) is 14.2. The van der Waals surface area contributed by atoms with Crippen LogP contribution < -0.4 is 5.32 Å². The number of nitriles is 1. The van der Waals surface area contributed by atoms with Crippen molar-refractivity contribution in [1.29, 1.82) is 5.26 Å². The molecule has 0 fully saturated rings. The van der Waals surface area contributed by atoms with Crippen molar-refractivity contribution >= 4 is 38.2 Å². The van der Waals surface area contributed by atoms with Crippen LogP contribution in [0.25, 0.3) is 0 Å². The van der Waals surface area contributed by atoms with Gasteiger partial charge < -0.3 is 5.32 Å². The number of hydrogen-bond donors (Lipinski definition) is 1. The van der Waals surface area contributed by atoms with Gasteiger partial charge in [0.25, 0.3) is 5.91 Å². The van der Waals surface area contributed by atoms with E-state index < -0.39 is 11.7 Å². The number of nitrogens with zero attached hydrogens (tertiary/aromatic N) is 1. The van der Waals surface area contributed by atoms with Crippen LogP contribution in [0.15, 0.2) is 22.7 Å². The van der Waals surface area contributed by atoms with Gasteiger partial charge in [-0.15, -0.1) is 11.3 Å². The van der Waals surface area contributed by atoms with Crippen LogP contribution in [-0.2, 0) is 12.8 Å². The number of thiophene rings is 1. The summed E-state index contributed by atoms with van der Waals surface area (Å²) in [5.74, 6) is -0.894. The van der Waals surface area contributed by atoms with Gasteiger partial charge in [-0.05, 0) is 59.0 Å². The minimum Gasteiger partial charge on any atom is -0.312 e. The number of rotatable bonds is 2. The van der Waals surface area contributed by atoms with Crippen molar-refractivity contribution in [3.05, 3.63) is 50.1 Å². The largest absolute Gasteiger partial charge is 0.312 e. The number of aryl methyl sites for hydroxylation is 1. The summed E-state index contributed by atoms with van der Waals surface area (Å²) in [6.07, 6.45) is 2.90. The van der Waals surface area contributed by atoms with E-state index in [0.717, 1.165) is 24.8 Å². The molecule has 2 aromatic rings. The maximum atomic E-state index is 13.5. The van der Waals surface area contributed by atoms with E-state index in [1.807, 2.05) is 0 Å². The lowest BCUT2D eigenvalue weighted by Gasteiger charge is -2.05. The topological polar surface area (TPSA) is 52.9 Å². The van der Waals surface area contributed by atoms with E-state index >= 15 is 0 Å². The maximum absolute atomic E-state index is 13.5. The van der Waals surface area contributed by atoms with E-state index in [1.54, 1.807) is 0 Å². The van der Waals surface area contributed by atoms with Crippen LogP contribution in [0.1, 0.15) is 32.8 Å². The summed E-state index contributed by atoms with van der Waals surface area (Å²) in [5.41, 5.74) is 1.84. The van der Waals surface area contributed by atoms with Gasteiger partial charge in [-0.2, -0.15) is 5.26 Å². The minimum atomic E-state index is -0.489. The highest BCUT2D eigenvalue weighted by molar-refractivity contribution is 9.10. The monoisotopic (exact) mass is 364 g/mol. The molecule has 1 N–H and O–H groups in total. The molecule has 0 aliphatic heterocycles. The highest BCUT2D eigenvalue weighted by atomic mass is 79.9. The second-order valence-corrected chi connectivity index (χ2v) is 6.72. The summed E-state index contributed by atoms with van der Waals surface area (Å²) in [4.78, 5) is 13.3. The van der Waals surface area contributed by atoms with Crippen molar-refractivity contribution in [3.63, 3.8) is 0 Å². The van der Waals surface area contributed by atoms with E-state index in [1.165, 1.54) is 34.4 Å². The number of hydrogen-bond acceptors (Lipinski definition) is 3. The van der Waals surface area contributed by atoms with Gasteiger partial charge in [-0.1, -0.05) is 0 Å². The highest BCUT2D eigenvalue weighted by Gasteiger charge is 2.23. The standard InChI is InChI=1S/C15H10BrFN2OS/c16-11-5-4-8(6-12(11)17)14(20)19-15-10(7-18)9-2-1-3-13(9)21-15/h4-6H,1-3H2,(H,19,20). The molecule has 0 bridgehead atoms. The molecule has 0 saturated heterocycles. The molecule has 1 aliphatic rings. The minimum absolute atomic E-state index is 0.230. The molecular weight excluding hydrogens is 355 g/mol. The summed E-state index contributed by atoms with van der Waals surface area (Å²) in [6, 6.07) is 6.37. The van der Waals surface area contributed by atoms with Gasteiger partial charge in [0.1, 0.15) is 16.9 Å². The summed E-state index contributed by atoms with van der Waals surface area (Å²) < 4.78 is 13.8. The number of carbonyl (C=O) groups is 1. The fourth-order valence-corrected chi connectivity index (χ4v) is 3.90. The summed E-state index contributed by atoms with van der Waals surface area (Å²) in [6.45, 7) is 0. The molecular formula is C15H10BrFN2OS. The van der Waals surface area contributed by atoms with E-state index in [9.17, 15) is 14.4 Å². The smallest absolute Gasteiger partial charge is 0.256 e. The van der Waals surface area contributed by atoms with Crippen LogP contribution in [0.2, 0.25) is 0 Å². The van der Waals surface area contributed by atoms with Gasteiger partial charge >= 0.3 is 0 Å². The molecule has 0 spiro atoms. The van der Waals surface area contributed by atoms with Gasteiger partial charge in [0.2, 0.25) is 0 Å². The molecule has 1 aromatic carbocycles. The summed E-state index contributed by atoms with van der Waals surface area (Å²) >= 11 is 4.50. The zero-order valence-electron chi connectivity index (χ0n) is 10.9. The predicted octanol–water partition coefficient (Wildman–Crippen LogP) is 4.26. The number of halogens is 2. The van der Waals surface area contributed by atoms with Gasteiger partial charge in [0.15, 0.2) is 0 Å². The Morgan fingerprint density at radius 2 is 2.24 bits per heavy atom. The SMILES string of the molecule is N#Cc1c(NC(=O)c2ccc(Br)c(F)c2)sc2c1CCC2. The molecule has 106 valence electrons. The van der Waals surface area contributed by atoms with E-state index in [4.69, 9.17) is 0 Å². The summed E-state index contributed by atoms with van der Waals surface area (Å²) in [5, 5.41) is 12.6. The molecule has 6 heteroatoms. The number of carbonyl (C=O) groups excluding carboxylic acids is 1. The third kappa shape index (κ3) is 2.59. The number of benzene rings is 1. The molecule has 1 amide bonds. The van der Waals surface area contributed by atoms with E-state index in [2.05, 4.69) is 27.3 Å². The molecule has 0 unspecified atom stereocenters. The number of fused-ring (bicyclic) bond motifs is 1. The Kier molecular flexibility index (Phi) is 3.79. The molecule has 3 nitrogen and oxygen atoms in total. The number of amides is 1. The fourth-order valence-electron chi connectivity index (χ4n) is 2.42. The van der Waals surface area contributed by atoms with E-state index in [0.29, 0.717) is 15.0 Å². The van der Waals surface area contributed by atoms with Crippen molar-refractivity contribution in [3.8, 4) is 6.07 Å². The van der Waals surface area contributed by atoms with Crippen molar-refractivity contribution < 1.29 is 9.18 Å². The predicted molar refractivity (Wildman–Crippen MR) is 83.1 cm³/mol. The summed E-state index contributed by atoms with van der Waals surface area (Å²) in [7, 11) is 0. The Hall–Kier alpha value is -1.71. The van der Waals surface area contributed by atoms with Crippen molar-refractivity contribution in [2.45, 2.75) is 19.3 Å². The molecule has 1 heterocycles. The second-order valence-electron chi connectivity index (χ2n) is 4.76. The third-order valence-electron chi connectivity index (χ3n) is 3.44. The lowest BCUT2D eigenvalue weighted by Crippen LogP contribution is -2.12. The highest BCUT2D eigenvalue weighted by Crippen LogP contribution is 2.38. The first-order valence-electron chi connectivity index (χ1n) is 6.41. The average Bonchev–Trinajstić information content (AvgIpc) is 3.02. The Morgan fingerprint density at radius 3 is 2.95 bits per heavy atom. The molecule has 3 rings (SSSR count). The van der Waals surface area contributed by atoms with Crippen molar-refractivity contribution in [1.82, 2.24) is 0 Å². The quantitative estimate of drug-likeness (QED) is 0.865. The first-order valence-corrected chi connectivity index (χ1v) is 8.02. The Balaban J connectivity index is 1.88. The van der Waals surface area contributed by atoms with Crippen LogP contribution in [0.4, 0.5) is 9.39 Å². The normalized spacial score (nSPS) is 12.8. The molecule has 0 atom stereocenters. The Bertz CT molecular complexity index is 779. The van der Waals surface area contributed by atoms with Crippen molar-refractivity contribution in [2.24, 2.45) is 0 Å². The lowest BCUT2D eigenvalue weighted by molar-refractivity contribution is 0.102. The van der Waals surface area contributed by atoms with Gasteiger partial charge in [-0.3, -0.25) is 4.79 Å². The van der Waals surface area contributed by atoms with Crippen LogP contribution in [0, 0.1) is 17.1 Å².